The van der Waals surface area contributed by atoms with Gasteiger partial charge in [-0.15, -0.1) is 0 Å². The number of unbranched alkanes of at least 4 members (excludes halogenated alkanes) is 1. The molecule has 5 aromatic rings. The van der Waals surface area contributed by atoms with Gasteiger partial charge in [0.25, 0.3) is 10.0 Å². The molecule has 0 fully saturated rings. The Morgan fingerprint density at radius 2 is 1.37 bits per heavy atom. The lowest BCUT2D eigenvalue weighted by Gasteiger charge is -2.34. The van der Waals surface area contributed by atoms with Crippen LogP contribution in [0.15, 0.2) is 138 Å². The molecule has 0 aliphatic rings. The van der Waals surface area contributed by atoms with E-state index < -0.39 is 34.3 Å². The van der Waals surface area contributed by atoms with Crippen molar-refractivity contribution in [3.8, 4) is 11.5 Å². The van der Waals surface area contributed by atoms with Gasteiger partial charge in [0.05, 0.1) is 10.6 Å². The molecule has 0 saturated heterocycles. The van der Waals surface area contributed by atoms with Crippen LogP contribution in [-0.4, -0.2) is 44.3 Å². The molecule has 1 atom stereocenters. The lowest BCUT2D eigenvalue weighted by Crippen LogP contribution is -2.53. The van der Waals surface area contributed by atoms with E-state index in [-0.39, 0.29) is 29.5 Å². The fourth-order valence-electron chi connectivity index (χ4n) is 5.52. The highest BCUT2D eigenvalue weighted by atomic mass is 32.2. The smallest absolute Gasteiger partial charge is 0.264 e. The van der Waals surface area contributed by atoms with Crippen LogP contribution in [0.5, 0.6) is 11.5 Å². The highest BCUT2D eigenvalue weighted by Gasteiger charge is 2.34. The molecule has 1 N–H and O–H groups in total. The maximum absolute atomic E-state index is 14.6. The van der Waals surface area contributed by atoms with E-state index in [0.717, 1.165) is 28.3 Å². The molecule has 51 heavy (non-hydrogen) atoms. The predicted octanol–water partition coefficient (Wildman–Crippen LogP) is 7.68. The molecule has 5 aromatic carbocycles. The fourth-order valence-corrected chi connectivity index (χ4v) is 6.93. The Morgan fingerprint density at radius 1 is 0.765 bits per heavy atom. The van der Waals surface area contributed by atoms with Gasteiger partial charge in [0.15, 0.2) is 0 Å². The molecule has 0 bridgehead atoms. The molecule has 10 heteroatoms. The minimum atomic E-state index is -4.28. The molecule has 8 nitrogen and oxygen atoms in total. The first kappa shape index (κ1) is 36.8. The number of carbonyl (C=O) groups excluding carboxylic acids is 2. The van der Waals surface area contributed by atoms with Crippen LogP contribution >= 0.6 is 0 Å². The molecule has 264 valence electrons. The van der Waals surface area contributed by atoms with E-state index >= 15 is 0 Å². The van der Waals surface area contributed by atoms with Gasteiger partial charge in [-0.05, 0) is 85.1 Å². The number of nitrogens with zero attached hydrogens (tertiary/aromatic N) is 2. The summed E-state index contributed by atoms with van der Waals surface area (Å²) in [5, 5.41) is 2.97. The minimum absolute atomic E-state index is 0.00809. The molecule has 0 aromatic heterocycles. The molecule has 0 spiro atoms. The Morgan fingerprint density at radius 3 is 2.00 bits per heavy atom. The molecule has 0 heterocycles. The summed E-state index contributed by atoms with van der Waals surface area (Å²) in [5.41, 5.74) is 2.52. The van der Waals surface area contributed by atoms with Gasteiger partial charge in [-0.2, -0.15) is 0 Å². The van der Waals surface area contributed by atoms with Crippen LogP contribution in [0, 0.1) is 12.7 Å². The van der Waals surface area contributed by atoms with E-state index in [1.165, 1.54) is 29.2 Å². The molecule has 0 saturated carbocycles. The van der Waals surface area contributed by atoms with E-state index in [1.807, 2.05) is 62.4 Å². The van der Waals surface area contributed by atoms with Crippen molar-refractivity contribution in [2.24, 2.45) is 0 Å². The Hall–Kier alpha value is -5.48. The second-order valence-electron chi connectivity index (χ2n) is 12.2. The van der Waals surface area contributed by atoms with E-state index in [2.05, 4.69) is 5.32 Å². The molecular formula is C41H42FN3O5S. The molecule has 0 unspecified atom stereocenters. The van der Waals surface area contributed by atoms with Gasteiger partial charge in [-0.25, -0.2) is 12.8 Å². The van der Waals surface area contributed by atoms with Gasteiger partial charge in [-0.3, -0.25) is 13.9 Å². The van der Waals surface area contributed by atoms with Crippen molar-refractivity contribution in [1.82, 2.24) is 10.2 Å². The first-order valence-electron chi connectivity index (χ1n) is 16.9. The number of halogens is 1. The highest BCUT2D eigenvalue weighted by Crippen LogP contribution is 2.29. The molecule has 0 aliphatic heterocycles. The lowest BCUT2D eigenvalue weighted by molar-refractivity contribution is -0.140. The Labute approximate surface area is 299 Å². The summed E-state index contributed by atoms with van der Waals surface area (Å²) < 4.78 is 49.6. The quantitative estimate of drug-likeness (QED) is 0.106. The Bertz CT molecular complexity index is 1970. The zero-order valence-electron chi connectivity index (χ0n) is 28.7. The summed E-state index contributed by atoms with van der Waals surface area (Å²) in [5.74, 6) is -0.314. The molecule has 5 rings (SSSR count). The van der Waals surface area contributed by atoms with Crippen molar-refractivity contribution in [1.29, 1.82) is 0 Å². The van der Waals surface area contributed by atoms with Crippen LogP contribution in [0.4, 0.5) is 10.1 Å². The number of ether oxygens (including phenoxy) is 1. The van der Waals surface area contributed by atoms with E-state index in [1.54, 1.807) is 60.7 Å². The maximum atomic E-state index is 14.6. The number of carbonyl (C=O) groups is 2. The summed E-state index contributed by atoms with van der Waals surface area (Å²) in [4.78, 5) is 29.9. The number of benzene rings is 5. The number of aryl methyl sites for hydroxylation is 1. The van der Waals surface area contributed by atoms with Crippen molar-refractivity contribution in [3.05, 3.63) is 156 Å². The van der Waals surface area contributed by atoms with Crippen LogP contribution < -0.4 is 14.4 Å². The molecular weight excluding hydrogens is 666 g/mol. The lowest BCUT2D eigenvalue weighted by atomic mass is 10.0. The van der Waals surface area contributed by atoms with Gasteiger partial charge in [0.2, 0.25) is 11.8 Å². The van der Waals surface area contributed by atoms with Crippen LogP contribution in [0.25, 0.3) is 0 Å². The first-order valence-corrected chi connectivity index (χ1v) is 18.4. The minimum Gasteiger partial charge on any atom is -0.457 e. The summed E-state index contributed by atoms with van der Waals surface area (Å²) in [6.45, 7) is 3.63. The summed E-state index contributed by atoms with van der Waals surface area (Å²) >= 11 is 0. The number of nitrogens with one attached hydrogen (secondary N) is 1. The normalized spacial score (nSPS) is 11.7. The van der Waals surface area contributed by atoms with Gasteiger partial charge >= 0.3 is 0 Å². The predicted molar refractivity (Wildman–Crippen MR) is 197 cm³/mol. The number of sulfonamides is 1. The fraction of sp³-hybridized carbons (Fsp3) is 0.220. The standard InChI is InChI=1S/C41H42FN3O5S/c1-3-4-27-43-41(47)39(28-32-11-7-5-8-12-32)44(29-33-17-19-34(42)20-18-33)40(46)30-45(51(48,49)38-25-15-31(2)16-26-38)35-21-23-37(24-22-35)50-36-13-9-6-10-14-36/h5-26,39H,3-4,27-30H2,1-2H3,(H,43,47)/t39-/m0/s1. The van der Waals surface area contributed by atoms with Crippen LogP contribution in [0.1, 0.15) is 36.5 Å². The zero-order valence-corrected chi connectivity index (χ0v) is 29.6. The zero-order chi connectivity index (χ0) is 36.2. The number of hydrogen-bond donors (Lipinski definition) is 1. The van der Waals surface area contributed by atoms with E-state index in [0.29, 0.717) is 23.6 Å². The number of amides is 2. The topological polar surface area (TPSA) is 96.0 Å². The SMILES string of the molecule is CCCCNC(=O)[C@H](Cc1ccccc1)N(Cc1ccc(F)cc1)C(=O)CN(c1ccc(Oc2ccccc2)cc1)S(=O)(=O)c1ccc(C)cc1. The highest BCUT2D eigenvalue weighted by molar-refractivity contribution is 7.92. The summed E-state index contributed by atoms with van der Waals surface area (Å²) in [6.07, 6.45) is 1.80. The third-order valence-electron chi connectivity index (χ3n) is 8.36. The van der Waals surface area contributed by atoms with Gasteiger partial charge in [0.1, 0.15) is 29.9 Å². The van der Waals surface area contributed by atoms with Gasteiger partial charge in [-0.1, -0.05) is 91.7 Å². The Kier molecular flexibility index (Phi) is 12.6. The van der Waals surface area contributed by atoms with E-state index in [9.17, 15) is 22.4 Å². The van der Waals surface area contributed by atoms with Gasteiger partial charge < -0.3 is 15.0 Å². The van der Waals surface area contributed by atoms with Crippen molar-refractivity contribution < 1.29 is 27.1 Å². The third kappa shape index (κ3) is 10.0. The van der Waals surface area contributed by atoms with Crippen molar-refractivity contribution in [2.75, 3.05) is 17.4 Å². The second kappa shape index (κ2) is 17.4. The maximum Gasteiger partial charge on any atom is 0.264 e. The number of para-hydroxylation sites is 1. The average molecular weight is 708 g/mol. The van der Waals surface area contributed by atoms with E-state index in [4.69, 9.17) is 4.74 Å². The third-order valence-corrected chi connectivity index (χ3v) is 10.1. The summed E-state index contributed by atoms with van der Waals surface area (Å²) in [7, 11) is -4.28. The van der Waals surface area contributed by atoms with Crippen molar-refractivity contribution in [3.63, 3.8) is 0 Å². The summed E-state index contributed by atoms with van der Waals surface area (Å²) in [6, 6.07) is 36.0. The van der Waals surface area contributed by atoms with Crippen LogP contribution in [0.3, 0.4) is 0 Å². The number of hydrogen-bond acceptors (Lipinski definition) is 5. The van der Waals surface area contributed by atoms with Crippen molar-refractivity contribution >= 4 is 27.5 Å². The molecule has 0 radical (unpaired) electrons. The monoisotopic (exact) mass is 707 g/mol. The van der Waals surface area contributed by atoms with Crippen molar-refractivity contribution in [2.45, 2.75) is 50.6 Å². The largest absolute Gasteiger partial charge is 0.457 e. The molecule has 2 amide bonds. The van der Waals surface area contributed by atoms with Gasteiger partial charge in [0, 0.05) is 19.5 Å². The second-order valence-corrected chi connectivity index (χ2v) is 14.1. The Balaban J connectivity index is 1.54. The number of rotatable bonds is 16. The average Bonchev–Trinajstić information content (AvgIpc) is 3.14. The van der Waals surface area contributed by atoms with Crippen LogP contribution in [0.2, 0.25) is 0 Å². The first-order chi connectivity index (χ1) is 24.6. The van der Waals surface area contributed by atoms with Crippen LogP contribution in [-0.2, 0) is 32.6 Å². The number of anilines is 1. The molecule has 0 aliphatic carbocycles.